The van der Waals surface area contributed by atoms with Gasteiger partial charge in [-0.05, 0) is 51.0 Å². The zero-order valence-corrected chi connectivity index (χ0v) is 16.6. The van der Waals surface area contributed by atoms with E-state index in [2.05, 4.69) is 4.40 Å². The summed E-state index contributed by atoms with van der Waals surface area (Å²) in [4.78, 5) is 14.5. The van der Waals surface area contributed by atoms with Crippen LogP contribution in [-0.2, 0) is 14.8 Å². The van der Waals surface area contributed by atoms with Gasteiger partial charge >= 0.3 is 0 Å². The zero-order chi connectivity index (χ0) is 18.2. The average molecular weight is 401 g/mol. The van der Waals surface area contributed by atoms with Crippen LogP contribution < -0.4 is 0 Å². The molecule has 25 heavy (non-hydrogen) atoms. The number of carbonyl (C=O) groups is 1. The summed E-state index contributed by atoms with van der Waals surface area (Å²) >= 11 is 7.05. The Hall–Kier alpha value is -1.05. The number of halogens is 1. The van der Waals surface area contributed by atoms with E-state index in [1.807, 2.05) is 13.8 Å². The van der Waals surface area contributed by atoms with Gasteiger partial charge < -0.3 is 0 Å². The van der Waals surface area contributed by atoms with Crippen molar-refractivity contribution in [1.82, 2.24) is 4.90 Å². The predicted octanol–water partition coefficient (Wildman–Crippen LogP) is 4.07. The average Bonchev–Trinajstić information content (AvgIpc) is 2.77. The van der Waals surface area contributed by atoms with Gasteiger partial charge in [0.1, 0.15) is 0 Å². The number of benzene rings is 1. The van der Waals surface area contributed by atoms with Crippen LogP contribution >= 0.6 is 23.4 Å². The third-order valence-electron chi connectivity index (χ3n) is 4.54. The number of hydrogen-bond donors (Lipinski definition) is 0. The first-order valence-corrected chi connectivity index (χ1v) is 11.0. The predicted molar refractivity (Wildman–Crippen MR) is 101 cm³/mol. The monoisotopic (exact) mass is 400 g/mol. The van der Waals surface area contributed by atoms with Crippen LogP contribution in [0, 0.1) is 0 Å². The molecule has 3 rings (SSSR count). The van der Waals surface area contributed by atoms with Crippen LogP contribution in [0.15, 0.2) is 33.6 Å². The first-order valence-electron chi connectivity index (χ1n) is 8.34. The maximum atomic E-state index is 12.8. The fourth-order valence-electron chi connectivity index (χ4n) is 3.18. The number of nitrogens with zero attached hydrogens (tertiary/aromatic N) is 2. The van der Waals surface area contributed by atoms with Gasteiger partial charge in [-0.1, -0.05) is 42.6 Å². The van der Waals surface area contributed by atoms with Gasteiger partial charge in [-0.25, -0.2) is 0 Å². The quantitative estimate of drug-likeness (QED) is 0.766. The van der Waals surface area contributed by atoms with E-state index in [9.17, 15) is 13.2 Å². The van der Waals surface area contributed by atoms with Gasteiger partial charge in [0.15, 0.2) is 5.17 Å². The number of rotatable bonds is 3. The van der Waals surface area contributed by atoms with Gasteiger partial charge in [-0.2, -0.15) is 8.42 Å². The Morgan fingerprint density at radius 2 is 1.76 bits per heavy atom. The second kappa shape index (κ2) is 6.93. The lowest BCUT2D eigenvalue weighted by molar-refractivity contribution is -0.130. The normalized spacial score (nSPS) is 23.4. The van der Waals surface area contributed by atoms with Crippen LogP contribution in [0.4, 0.5) is 0 Å². The topological polar surface area (TPSA) is 66.8 Å². The highest BCUT2D eigenvalue weighted by Crippen LogP contribution is 2.41. The van der Waals surface area contributed by atoms with Crippen molar-refractivity contribution < 1.29 is 13.2 Å². The van der Waals surface area contributed by atoms with E-state index in [0.29, 0.717) is 5.02 Å². The number of carbonyl (C=O) groups excluding carboxylic acids is 1. The lowest BCUT2D eigenvalue weighted by Gasteiger charge is -2.31. The molecule has 0 aromatic heterocycles. The third-order valence-corrected chi connectivity index (χ3v) is 7.34. The smallest absolute Gasteiger partial charge is 0.284 e. The van der Waals surface area contributed by atoms with E-state index in [1.54, 1.807) is 4.90 Å². The van der Waals surface area contributed by atoms with Crippen molar-refractivity contribution in [3.8, 4) is 0 Å². The minimum absolute atomic E-state index is 0.0368. The fraction of sp³-hybridized carbons (Fsp3) is 0.529. The maximum Gasteiger partial charge on any atom is 0.284 e. The van der Waals surface area contributed by atoms with Crippen LogP contribution in [0.1, 0.15) is 46.0 Å². The molecular weight excluding hydrogens is 380 g/mol. The number of sulfonamides is 1. The molecule has 1 amide bonds. The molecule has 0 N–H and O–H groups in total. The molecule has 5 nitrogen and oxygen atoms in total. The van der Waals surface area contributed by atoms with E-state index < -0.39 is 14.8 Å². The summed E-state index contributed by atoms with van der Waals surface area (Å²) in [6.45, 7) is 3.63. The molecule has 0 atom stereocenters. The summed E-state index contributed by atoms with van der Waals surface area (Å²) < 4.78 is 28.6. The summed E-state index contributed by atoms with van der Waals surface area (Å²) in [7, 11) is -3.89. The van der Waals surface area contributed by atoms with E-state index in [0.717, 1.165) is 32.1 Å². The minimum atomic E-state index is -3.89. The largest absolute Gasteiger partial charge is 0.286 e. The Balaban J connectivity index is 1.98. The molecule has 0 radical (unpaired) electrons. The van der Waals surface area contributed by atoms with E-state index in [1.165, 1.54) is 36.0 Å². The number of hydrogen-bond acceptors (Lipinski definition) is 4. The Bertz CT molecular complexity index is 798. The Morgan fingerprint density at radius 3 is 2.36 bits per heavy atom. The highest BCUT2D eigenvalue weighted by molar-refractivity contribution is 8.16. The lowest BCUT2D eigenvalue weighted by Crippen LogP contribution is -2.44. The van der Waals surface area contributed by atoms with Crippen LogP contribution in [0.25, 0.3) is 0 Å². The van der Waals surface area contributed by atoms with Crippen LogP contribution in [0.2, 0.25) is 5.02 Å². The molecule has 136 valence electrons. The van der Waals surface area contributed by atoms with Crippen LogP contribution in [0.5, 0.6) is 0 Å². The first-order chi connectivity index (χ1) is 11.7. The second-order valence-electron chi connectivity index (χ2n) is 6.88. The van der Waals surface area contributed by atoms with Crippen molar-refractivity contribution in [2.24, 2.45) is 4.40 Å². The molecule has 0 unspecified atom stereocenters. The van der Waals surface area contributed by atoms with Crippen molar-refractivity contribution in [2.75, 3.05) is 0 Å². The maximum absolute atomic E-state index is 12.8. The molecule has 0 spiro atoms. The summed E-state index contributed by atoms with van der Waals surface area (Å²) in [5, 5.41) is 0.749. The third kappa shape index (κ3) is 3.88. The Kier molecular flexibility index (Phi) is 5.19. The van der Waals surface area contributed by atoms with E-state index in [-0.39, 0.29) is 22.0 Å². The first kappa shape index (κ1) is 18.7. The van der Waals surface area contributed by atoms with Gasteiger partial charge in [0, 0.05) is 11.1 Å². The summed E-state index contributed by atoms with van der Waals surface area (Å²) in [6.07, 6.45) is 5.04. The lowest BCUT2D eigenvalue weighted by atomic mass is 9.94. The zero-order valence-electron chi connectivity index (χ0n) is 14.2. The molecule has 0 bridgehead atoms. The van der Waals surface area contributed by atoms with Crippen molar-refractivity contribution in [2.45, 2.75) is 61.6 Å². The van der Waals surface area contributed by atoms with Crippen molar-refractivity contribution in [3.05, 3.63) is 29.3 Å². The fourth-order valence-corrected chi connectivity index (χ4v) is 5.60. The number of amidine groups is 1. The standard InChI is InChI=1S/C17H21ClN2O3S2/c1-17(2)15(21)20(13-6-4-3-5-7-13)16(24-17)19-25(22,23)14-10-8-12(18)9-11-14/h8-11,13H,3-7H2,1-2H3/b19-16+. The summed E-state index contributed by atoms with van der Waals surface area (Å²) in [5.41, 5.74) is 0. The molecule has 1 aliphatic carbocycles. The van der Waals surface area contributed by atoms with Gasteiger partial charge in [0.2, 0.25) is 5.91 Å². The van der Waals surface area contributed by atoms with Crippen LogP contribution in [0.3, 0.4) is 0 Å². The SMILES string of the molecule is CC1(C)S/C(=N/S(=O)(=O)c2ccc(Cl)cc2)N(C2CCCCC2)C1=O. The van der Waals surface area contributed by atoms with E-state index in [4.69, 9.17) is 11.6 Å². The van der Waals surface area contributed by atoms with Gasteiger partial charge in [-0.15, -0.1) is 4.40 Å². The summed E-state index contributed by atoms with van der Waals surface area (Å²) in [6, 6.07) is 5.93. The molecule has 1 saturated carbocycles. The number of thioether (sulfide) groups is 1. The molecule has 1 heterocycles. The minimum Gasteiger partial charge on any atom is -0.286 e. The highest BCUT2D eigenvalue weighted by Gasteiger charge is 2.48. The van der Waals surface area contributed by atoms with Gasteiger partial charge in [-0.3, -0.25) is 9.69 Å². The molecule has 1 saturated heterocycles. The second-order valence-corrected chi connectivity index (χ2v) is 10.5. The van der Waals surface area contributed by atoms with Crippen molar-refractivity contribution in [3.63, 3.8) is 0 Å². The highest BCUT2D eigenvalue weighted by atomic mass is 35.5. The molecule has 2 fully saturated rings. The Labute approximate surface area is 157 Å². The molecule has 1 aromatic rings. The number of amides is 1. The molecule has 1 aliphatic heterocycles. The summed E-state index contributed by atoms with van der Waals surface area (Å²) in [5.74, 6) is -0.0607. The van der Waals surface area contributed by atoms with E-state index >= 15 is 0 Å². The van der Waals surface area contributed by atoms with Crippen LogP contribution in [-0.4, -0.2) is 35.2 Å². The molecule has 2 aliphatic rings. The van der Waals surface area contributed by atoms with Crippen molar-refractivity contribution >= 4 is 44.5 Å². The molecule has 1 aromatic carbocycles. The molecule has 8 heteroatoms. The van der Waals surface area contributed by atoms with Gasteiger partial charge in [0.25, 0.3) is 10.0 Å². The molecular formula is C17H21ClN2O3S2. The van der Waals surface area contributed by atoms with Gasteiger partial charge in [0.05, 0.1) is 9.64 Å². The van der Waals surface area contributed by atoms with Crippen molar-refractivity contribution in [1.29, 1.82) is 0 Å². The Morgan fingerprint density at radius 1 is 1.16 bits per heavy atom.